The molecule has 1 fully saturated rings. The van der Waals surface area contributed by atoms with Gasteiger partial charge in [0.1, 0.15) is 0 Å². The van der Waals surface area contributed by atoms with Crippen molar-refractivity contribution in [1.29, 1.82) is 0 Å². The molecule has 1 saturated heterocycles. The summed E-state index contributed by atoms with van der Waals surface area (Å²) in [6.45, 7) is 2.98. The molecule has 0 radical (unpaired) electrons. The first kappa shape index (κ1) is 13.9. The molecule has 1 aliphatic rings. The number of rotatable bonds is 5. The first-order valence-electron chi connectivity index (χ1n) is 5.81. The molecular weight excluding hydrogens is 226 g/mol. The molecule has 0 saturated carbocycles. The van der Waals surface area contributed by atoms with Crippen LogP contribution in [0.25, 0.3) is 0 Å². The highest BCUT2D eigenvalue weighted by atomic mass is 16.4. The molecule has 1 heterocycles. The highest BCUT2D eigenvalue weighted by molar-refractivity contribution is 5.80. The van der Waals surface area contributed by atoms with E-state index in [9.17, 15) is 14.7 Å². The van der Waals surface area contributed by atoms with Gasteiger partial charge in [0, 0.05) is 13.1 Å². The van der Waals surface area contributed by atoms with E-state index in [4.69, 9.17) is 10.2 Å². The third-order valence-corrected chi connectivity index (χ3v) is 3.27. The molecule has 0 aliphatic carbocycles. The van der Waals surface area contributed by atoms with Crippen molar-refractivity contribution in [2.75, 3.05) is 19.6 Å². The summed E-state index contributed by atoms with van der Waals surface area (Å²) >= 11 is 0. The van der Waals surface area contributed by atoms with Crippen molar-refractivity contribution in [1.82, 2.24) is 4.90 Å². The van der Waals surface area contributed by atoms with Gasteiger partial charge in [-0.25, -0.2) is 0 Å². The van der Waals surface area contributed by atoms with E-state index < -0.39 is 29.9 Å². The van der Waals surface area contributed by atoms with Gasteiger partial charge in [0.25, 0.3) is 0 Å². The Labute approximate surface area is 99.8 Å². The van der Waals surface area contributed by atoms with Crippen LogP contribution in [0.1, 0.15) is 19.8 Å². The Bertz CT molecular complexity index is 294. The summed E-state index contributed by atoms with van der Waals surface area (Å²) < 4.78 is 0. The first-order chi connectivity index (χ1) is 7.95. The number of hydrogen-bond donors (Lipinski definition) is 3. The number of aliphatic carboxylic acids is 2. The SMILES string of the molecule is CCC(O)CN1CCC(C(=O)O)C(C(=O)O)C1. The number of piperidine rings is 1. The van der Waals surface area contributed by atoms with Crippen LogP contribution in [-0.2, 0) is 9.59 Å². The van der Waals surface area contributed by atoms with Crippen LogP contribution in [0, 0.1) is 11.8 Å². The summed E-state index contributed by atoms with van der Waals surface area (Å²) in [7, 11) is 0. The smallest absolute Gasteiger partial charge is 0.308 e. The monoisotopic (exact) mass is 245 g/mol. The lowest BCUT2D eigenvalue weighted by atomic mass is 9.85. The van der Waals surface area contributed by atoms with Gasteiger partial charge in [-0.15, -0.1) is 0 Å². The van der Waals surface area contributed by atoms with Gasteiger partial charge in [0.15, 0.2) is 0 Å². The van der Waals surface area contributed by atoms with Crippen molar-refractivity contribution >= 4 is 11.9 Å². The van der Waals surface area contributed by atoms with Crippen LogP contribution in [0.15, 0.2) is 0 Å². The Balaban J connectivity index is 2.62. The lowest BCUT2D eigenvalue weighted by Gasteiger charge is -2.35. The summed E-state index contributed by atoms with van der Waals surface area (Å²) in [4.78, 5) is 23.8. The van der Waals surface area contributed by atoms with E-state index in [1.165, 1.54) is 0 Å². The number of likely N-dealkylation sites (tertiary alicyclic amines) is 1. The average Bonchev–Trinajstić information content (AvgIpc) is 2.28. The third kappa shape index (κ3) is 3.67. The van der Waals surface area contributed by atoms with Crippen LogP contribution in [0.2, 0.25) is 0 Å². The van der Waals surface area contributed by atoms with Gasteiger partial charge in [-0.1, -0.05) is 6.92 Å². The zero-order valence-corrected chi connectivity index (χ0v) is 9.87. The number of aliphatic hydroxyl groups is 1. The van der Waals surface area contributed by atoms with E-state index in [-0.39, 0.29) is 6.54 Å². The minimum absolute atomic E-state index is 0.198. The van der Waals surface area contributed by atoms with Crippen LogP contribution < -0.4 is 0 Å². The highest BCUT2D eigenvalue weighted by Gasteiger charge is 2.38. The minimum atomic E-state index is -1.08. The van der Waals surface area contributed by atoms with E-state index in [0.29, 0.717) is 25.9 Å². The normalized spacial score (nSPS) is 27.6. The Morgan fingerprint density at radius 1 is 1.29 bits per heavy atom. The predicted octanol–water partition coefficient (Wildman–Crippen LogP) is -0.135. The highest BCUT2D eigenvalue weighted by Crippen LogP contribution is 2.24. The summed E-state index contributed by atoms with van der Waals surface area (Å²) in [6, 6.07) is 0. The summed E-state index contributed by atoms with van der Waals surface area (Å²) in [6.07, 6.45) is 0.449. The molecule has 98 valence electrons. The molecule has 0 aromatic heterocycles. The molecule has 0 aromatic rings. The molecule has 6 heteroatoms. The Hall–Kier alpha value is -1.14. The third-order valence-electron chi connectivity index (χ3n) is 3.27. The van der Waals surface area contributed by atoms with Gasteiger partial charge in [-0.05, 0) is 19.4 Å². The van der Waals surface area contributed by atoms with Crippen molar-refractivity contribution in [2.45, 2.75) is 25.9 Å². The molecule has 0 amide bonds. The van der Waals surface area contributed by atoms with E-state index in [2.05, 4.69) is 0 Å². The Morgan fingerprint density at radius 2 is 1.88 bits per heavy atom. The lowest BCUT2D eigenvalue weighted by Crippen LogP contribution is -2.48. The van der Waals surface area contributed by atoms with Crippen LogP contribution in [0.3, 0.4) is 0 Å². The Kier molecular flexibility index (Phi) is 4.89. The molecule has 6 nitrogen and oxygen atoms in total. The maximum atomic E-state index is 11.0. The molecule has 1 rings (SSSR count). The number of carboxylic acid groups (broad SMARTS) is 2. The zero-order chi connectivity index (χ0) is 13.0. The summed E-state index contributed by atoms with van der Waals surface area (Å²) in [5.74, 6) is -3.82. The number of β-amino-alcohol motifs (C(OH)–C–C–N with tert-alkyl or cyclic N) is 1. The van der Waals surface area contributed by atoms with Gasteiger partial charge in [0.2, 0.25) is 0 Å². The fourth-order valence-corrected chi connectivity index (χ4v) is 2.16. The maximum Gasteiger partial charge on any atom is 0.308 e. The fourth-order valence-electron chi connectivity index (χ4n) is 2.16. The molecule has 3 atom stereocenters. The second kappa shape index (κ2) is 5.97. The van der Waals surface area contributed by atoms with Crippen molar-refractivity contribution < 1.29 is 24.9 Å². The minimum Gasteiger partial charge on any atom is -0.481 e. The van der Waals surface area contributed by atoms with Gasteiger partial charge >= 0.3 is 11.9 Å². The first-order valence-corrected chi connectivity index (χ1v) is 5.81. The van der Waals surface area contributed by atoms with E-state index >= 15 is 0 Å². The molecule has 1 aliphatic heterocycles. The molecule has 0 aromatic carbocycles. The van der Waals surface area contributed by atoms with Gasteiger partial charge in [0.05, 0.1) is 17.9 Å². The zero-order valence-electron chi connectivity index (χ0n) is 9.87. The van der Waals surface area contributed by atoms with Crippen LogP contribution in [0.4, 0.5) is 0 Å². The molecule has 3 unspecified atom stereocenters. The second-order valence-corrected chi connectivity index (χ2v) is 4.50. The van der Waals surface area contributed by atoms with Gasteiger partial charge in [-0.3, -0.25) is 14.5 Å². The molecule has 0 bridgehead atoms. The average molecular weight is 245 g/mol. The number of hydrogen-bond acceptors (Lipinski definition) is 4. The predicted molar refractivity (Wildman–Crippen MR) is 59.6 cm³/mol. The molecular formula is C11H19NO5. The van der Waals surface area contributed by atoms with Gasteiger partial charge < -0.3 is 15.3 Å². The van der Waals surface area contributed by atoms with Crippen LogP contribution in [-0.4, -0.2) is 57.9 Å². The van der Waals surface area contributed by atoms with E-state index in [1.807, 2.05) is 11.8 Å². The fraction of sp³-hybridized carbons (Fsp3) is 0.818. The topological polar surface area (TPSA) is 98.1 Å². The van der Waals surface area contributed by atoms with Gasteiger partial charge in [-0.2, -0.15) is 0 Å². The number of aliphatic hydroxyl groups excluding tert-OH is 1. The van der Waals surface area contributed by atoms with Crippen LogP contribution in [0.5, 0.6) is 0 Å². The maximum absolute atomic E-state index is 11.0. The van der Waals surface area contributed by atoms with E-state index in [1.54, 1.807) is 0 Å². The second-order valence-electron chi connectivity index (χ2n) is 4.50. The molecule has 17 heavy (non-hydrogen) atoms. The number of carbonyl (C=O) groups is 2. The summed E-state index contributed by atoms with van der Waals surface area (Å²) in [5.41, 5.74) is 0. The number of nitrogens with zero attached hydrogens (tertiary/aromatic N) is 1. The van der Waals surface area contributed by atoms with Crippen molar-refractivity contribution in [3.8, 4) is 0 Å². The lowest BCUT2D eigenvalue weighted by molar-refractivity contribution is -0.157. The number of carboxylic acids is 2. The molecule has 0 spiro atoms. The Morgan fingerprint density at radius 3 is 2.35 bits per heavy atom. The van der Waals surface area contributed by atoms with E-state index in [0.717, 1.165) is 0 Å². The van der Waals surface area contributed by atoms with Crippen molar-refractivity contribution in [3.63, 3.8) is 0 Å². The molecule has 3 N–H and O–H groups in total. The van der Waals surface area contributed by atoms with Crippen molar-refractivity contribution in [3.05, 3.63) is 0 Å². The standard InChI is InChI=1S/C11H19NO5/c1-2-7(13)5-12-4-3-8(10(14)15)9(6-12)11(16)17/h7-9,13H,2-6H2,1H3,(H,14,15)(H,16,17). The van der Waals surface area contributed by atoms with Crippen LogP contribution >= 0.6 is 0 Å². The largest absolute Gasteiger partial charge is 0.481 e. The quantitative estimate of drug-likeness (QED) is 0.624. The summed E-state index contributed by atoms with van der Waals surface area (Å²) in [5, 5.41) is 27.5. The van der Waals surface area contributed by atoms with Crippen molar-refractivity contribution in [2.24, 2.45) is 11.8 Å².